The average molecular weight is 479 g/mol. The maximum absolute atomic E-state index is 13.7. The zero-order valence-electron chi connectivity index (χ0n) is 20.5. The molecule has 1 amide bonds. The Labute approximate surface area is 212 Å². The van der Waals surface area contributed by atoms with Crippen molar-refractivity contribution >= 4 is 12.0 Å². The van der Waals surface area contributed by atoms with Gasteiger partial charge in [0.2, 0.25) is 0 Å². The molecule has 0 bridgehead atoms. The van der Waals surface area contributed by atoms with E-state index < -0.39 is 0 Å². The highest BCUT2D eigenvalue weighted by molar-refractivity contribution is 5.94. The molecule has 4 aromatic rings. The summed E-state index contributed by atoms with van der Waals surface area (Å²) in [6.07, 6.45) is 4.34. The Hall–Kier alpha value is -4.16. The second-order valence-electron chi connectivity index (χ2n) is 8.80. The third-order valence-corrected chi connectivity index (χ3v) is 6.45. The summed E-state index contributed by atoms with van der Waals surface area (Å²) in [5.74, 6) is 0.791. The molecule has 6 nitrogen and oxygen atoms in total. The van der Waals surface area contributed by atoms with Crippen molar-refractivity contribution in [1.29, 1.82) is 0 Å². The lowest BCUT2D eigenvalue weighted by atomic mass is 10.1. The molecule has 5 rings (SSSR count). The van der Waals surface area contributed by atoms with Gasteiger partial charge >= 0.3 is 0 Å². The second-order valence-corrected chi connectivity index (χ2v) is 8.80. The van der Waals surface area contributed by atoms with E-state index in [2.05, 4.69) is 29.2 Å². The predicted molar refractivity (Wildman–Crippen MR) is 143 cm³/mol. The number of hydrogen-bond donors (Lipinski definition) is 0. The number of piperazine rings is 1. The summed E-state index contributed by atoms with van der Waals surface area (Å²) in [6, 6.07) is 29.8. The van der Waals surface area contributed by atoms with Crippen LogP contribution in [0.5, 0.6) is 5.75 Å². The molecule has 1 aliphatic heterocycles. The quantitative estimate of drug-likeness (QED) is 0.374. The maximum Gasteiger partial charge on any atom is 0.272 e. The molecule has 3 aromatic carbocycles. The fourth-order valence-corrected chi connectivity index (χ4v) is 4.40. The Morgan fingerprint density at radius 1 is 0.889 bits per heavy atom. The highest BCUT2D eigenvalue weighted by atomic mass is 16.5. The van der Waals surface area contributed by atoms with E-state index in [4.69, 9.17) is 9.84 Å². The van der Waals surface area contributed by atoms with Crippen LogP contribution in [0.4, 0.5) is 0 Å². The van der Waals surface area contributed by atoms with Gasteiger partial charge in [0.05, 0.1) is 18.5 Å². The van der Waals surface area contributed by atoms with E-state index in [-0.39, 0.29) is 5.91 Å². The topological polar surface area (TPSA) is 50.6 Å². The first kappa shape index (κ1) is 23.6. The van der Waals surface area contributed by atoms with Crippen LogP contribution in [0.2, 0.25) is 0 Å². The van der Waals surface area contributed by atoms with Crippen molar-refractivity contribution in [3.05, 3.63) is 108 Å². The Morgan fingerprint density at radius 2 is 1.56 bits per heavy atom. The molecule has 1 saturated heterocycles. The largest absolute Gasteiger partial charge is 0.497 e. The van der Waals surface area contributed by atoms with Crippen LogP contribution < -0.4 is 4.74 Å². The number of nitrogens with zero attached hydrogens (tertiary/aromatic N) is 4. The molecule has 0 atom stereocenters. The van der Waals surface area contributed by atoms with E-state index in [1.165, 1.54) is 5.56 Å². The number of ether oxygens (including phenoxy) is 1. The summed E-state index contributed by atoms with van der Waals surface area (Å²) < 4.78 is 7.04. The molecule has 36 heavy (non-hydrogen) atoms. The van der Waals surface area contributed by atoms with Gasteiger partial charge in [-0.1, -0.05) is 60.7 Å². The van der Waals surface area contributed by atoms with Crippen molar-refractivity contribution in [3.63, 3.8) is 0 Å². The minimum atomic E-state index is 0.00518. The molecular weight excluding hydrogens is 448 g/mol. The van der Waals surface area contributed by atoms with Crippen molar-refractivity contribution in [1.82, 2.24) is 19.6 Å². The molecule has 0 saturated carbocycles. The van der Waals surface area contributed by atoms with E-state index in [1.54, 1.807) is 11.8 Å². The summed E-state index contributed by atoms with van der Waals surface area (Å²) in [6.45, 7) is 3.94. The van der Waals surface area contributed by atoms with Gasteiger partial charge in [-0.3, -0.25) is 9.69 Å². The number of rotatable bonds is 7. The normalized spacial score (nSPS) is 14.3. The van der Waals surface area contributed by atoms with Crippen LogP contribution in [-0.4, -0.2) is 65.3 Å². The SMILES string of the molecule is COc1ccc(-c2cc(C(=O)N3CCN(C/C=C/c4ccccc4)CC3)n(-c3ccccc3)n2)cc1. The zero-order valence-corrected chi connectivity index (χ0v) is 20.5. The third-order valence-electron chi connectivity index (χ3n) is 6.45. The van der Waals surface area contributed by atoms with Gasteiger partial charge in [-0.05, 0) is 48.0 Å². The molecule has 1 aliphatic rings. The molecule has 1 fully saturated rings. The molecule has 0 unspecified atom stereocenters. The second kappa shape index (κ2) is 11.1. The van der Waals surface area contributed by atoms with Crippen LogP contribution in [0.25, 0.3) is 23.0 Å². The van der Waals surface area contributed by atoms with Crippen molar-refractivity contribution in [2.24, 2.45) is 0 Å². The molecule has 0 spiro atoms. The monoisotopic (exact) mass is 478 g/mol. The van der Waals surface area contributed by atoms with Crippen LogP contribution in [0.15, 0.2) is 97.1 Å². The minimum Gasteiger partial charge on any atom is -0.497 e. The van der Waals surface area contributed by atoms with Crippen LogP contribution >= 0.6 is 0 Å². The van der Waals surface area contributed by atoms with Crippen molar-refractivity contribution < 1.29 is 9.53 Å². The molecular formula is C30H30N4O2. The number of carbonyl (C=O) groups is 1. The first-order chi connectivity index (χ1) is 17.7. The number of benzene rings is 3. The van der Waals surface area contributed by atoms with Gasteiger partial charge in [0.1, 0.15) is 11.4 Å². The summed E-state index contributed by atoms with van der Waals surface area (Å²) in [7, 11) is 1.65. The lowest BCUT2D eigenvalue weighted by Crippen LogP contribution is -2.49. The van der Waals surface area contributed by atoms with Gasteiger partial charge in [-0.2, -0.15) is 5.10 Å². The van der Waals surface area contributed by atoms with Crippen molar-refractivity contribution in [2.75, 3.05) is 39.8 Å². The smallest absolute Gasteiger partial charge is 0.272 e. The lowest BCUT2D eigenvalue weighted by molar-refractivity contribution is 0.0641. The molecule has 0 N–H and O–H groups in total. The number of para-hydroxylation sites is 1. The number of aromatic nitrogens is 2. The highest BCUT2D eigenvalue weighted by Crippen LogP contribution is 2.25. The summed E-state index contributed by atoms with van der Waals surface area (Å²) in [5.41, 5.74) is 4.34. The Bertz CT molecular complexity index is 1310. The highest BCUT2D eigenvalue weighted by Gasteiger charge is 2.26. The predicted octanol–water partition coefficient (Wildman–Crippen LogP) is 5.02. The van der Waals surface area contributed by atoms with Gasteiger partial charge in [-0.25, -0.2) is 4.68 Å². The van der Waals surface area contributed by atoms with Crippen LogP contribution in [-0.2, 0) is 0 Å². The van der Waals surface area contributed by atoms with Gasteiger partial charge in [0.25, 0.3) is 5.91 Å². The molecule has 2 heterocycles. The number of carbonyl (C=O) groups excluding carboxylic acids is 1. The van der Waals surface area contributed by atoms with Crippen molar-refractivity contribution in [2.45, 2.75) is 0 Å². The average Bonchev–Trinajstić information content (AvgIpc) is 3.40. The fourth-order valence-electron chi connectivity index (χ4n) is 4.40. The van der Waals surface area contributed by atoms with E-state index in [0.717, 1.165) is 42.3 Å². The van der Waals surface area contributed by atoms with Crippen LogP contribution in [0, 0.1) is 0 Å². The standard InChI is InChI=1S/C30H30N4O2/c1-36-27-16-14-25(15-17-27)28-23-29(34(31-28)26-12-6-3-7-13-26)30(35)33-21-19-32(20-22-33)18-8-11-24-9-4-2-5-10-24/h2-17,23H,18-22H2,1H3/b11-8+. The number of methoxy groups -OCH3 is 1. The zero-order chi connectivity index (χ0) is 24.7. The van der Waals surface area contributed by atoms with E-state index in [9.17, 15) is 4.79 Å². The maximum atomic E-state index is 13.7. The van der Waals surface area contributed by atoms with E-state index in [1.807, 2.05) is 83.8 Å². The van der Waals surface area contributed by atoms with Gasteiger partial charge in [0, 0.05) is 38.3 Å². The van der Waals surface area contributed by atoms with E-state index in [0.29, 0.717) is 18.8 Å². The molecule has 0 radical (unpaired) electrons. The summed E-state index contributed by atoms with van der Waals surface area (Å²) >= 11 is 0. The van der Waals surface area contributed by atoms with Gasteiger partial charge < -0.3 is 9.64 Å². The molecule has 182 valence electrons. The van der Waals surface area contributed by atoms with Gasteiger partial charge in [0.15, 0.2) is 0 Å². The third kappa shape index (κ3) is 5.39. The number of amides is 1. The Balaban J connectivity index is 1.31. The lowest BCUT2D eigenvalue weighted by Gasteiger charge is -2.34. The minimum absolute atomic E-state index is 0.00518. The van der Waals surface area contributed by atoms with Gasteiger partial charge in [-0.15, -0.1) is 0 Å². The van der Waals surface area contributed by atoms with Crippen LogP contribution in [0.1, 0.15) is 16.1 Å². The molecule has 1 aromatic heterocycles. The summed E-state index contributed by atoms with van der Waals surface area (Å²) in [5, 5.41) is 4.82. The van der Waals surface area contributed by atoms with Crippen molar-refractivity contribution in [3.8, 4) is 22.7 Å². The summed E-state index contributed by atoms with van der Waals surface area (Å²) in [4.78, 5) is 18.0. The Morgan fingerprint density at radius 3 is 2.22 bits per heavy atom. The molecule has 6 heteroatoms. The molecule has 0 aliphatic carbocycles. The fraction of sp³-hybridized carbons (Fsp3) is 0.200. The first-order valence-corrected chi connectivity index (χ1v) is 12.2. The number of hydrogen-bond acceptors (Lipinski definition) is 4. The van der Waals surface area contributed by atoms with Crippen LogP contribution in [0.3, 0.4) is 0 Å². The van der Waals surface area contributed by atoms with E-state index >= 15 is 0 Å². The Kier molecular flexibility index (Phi) is 7.24. The first-order valence-electron chi connectivity index (χ1n) is 12.2.